The molecule has 768 valence electrons. The van der Waals surface area contributed by atoms with E-state index >= 15 is 0 Å². The molecule has 0 aliphatic carbocycles. The standard InChI is InChI=1S/C28H40ClN3O3S.C27H38ClN3O3S.C26H37ClN4O3S.C26H36ClN3O3S/c1-7-9-22(33)14-20(15-27-30-24-11-10-21(29)16-26(24)36-27)28(35)31-23(18(3)8-2)12-13-25(34)19(4)17-32(5)6;1-7-17(3)22(11-12-24(33)18(4)16-31(5)6)30-27(34)19(13-21(32)8-2)14-26-29-23-10-9-20(28)15-25(23)35-26;1-7-16(2)20(10-11-22(32)17(3)15-31(5)6)30-26(34)18(12-24(33)28-4)13-25-29-21-9-8-19(27)14-23(21)35-25;1-7-16(2)21(10-11-23(32)17(3)15-30(5)6)29-26(33)19(12-18(4)31)13-25-28-22-9-8-20(27)14-24(22)34-25/h10-11,16,18,20,23H,4,7-9,12-15,17H2,1-3,5-6H3,(H,31,35);9-10,15,17,19,22H,4,7-8,11-14,16H2,1-3,5-6H3,(H,30,34);8-9,14,16,18,20H,3,7,10-13,15H2,1-2,4-6H3,(H,28,33)(H,30,34);8-9,14,16,19,21H,3,7,10-13,15H2,1-2,4-6H3,(H,29,33)/t18-,20-,23+;17-,19-,22+;16-,18-,20+;16-,19-,21+/m0000/s1. The summed E-state index contributed by atoms with van der Waals surface area (Å²) in [6.45, 7) is 39.5. The average molecular weight is 2080 g/mol. The first-order valence-corrected chi connectivity index (χ1v) is 53.5. The zero-order valence-electron chi connectivity index (χ0n) is 85.9. The molecule has 0 bridgehead atoms. The third-order valence-electron chi connectivity index (χ3n) is 24.8. The van der Waals surface area contributed by atoms with Gasteiger partial charge in [0.25, 0.3) is 0 Å². The number of benzene rings is 4. The zero-order valence-corrected chi connectivity index (χ0v) is 92.2. The van der Waals surface area contributed by atoms with Crippen LogP contribution in [0.25, 0.3) is 40.9 Å². The Morgan fingerprint density at radius 3 is 0.800 bits per heavy atom. The number of ketones is 7. The number of rotatable bonds is 59. The Morgan fingerprint density at radius 1 is 0.350 bits per heavy atom. The van der Waals surface area contributed by atoms with Crippen molar-refractivity contribution in [1.82, 2.24) is 66.1 Å². The van der Waals surface area contributed by atoms with Gasteiger partial charge in [0.05, 0.1) is 84.6 Å². The van der Waals surface area contributed by atoms with Crippen LogP contribution in [0.5, 0.6) is 0 Å². The van der Waals surface area contributed by atoms with Gasteiger partial charge >= 0.3 is 0 Å². The fourth-order valence-corrected chi connectivity index (χ4v) is 21.1. The van der Waals surface area contributed by atoms with E-state index in [2.05, 4.69) is 128 Å². The number of nitrogens with zero attached hydrogens (tertiary/aromatic N) is 8. The van der Waals surface area contributed by atoms with Crippen LogP contribution in [0.15, 0.2) is 121 Å². The van der Waals surface area contributed by atoms with Gasteiger partial charge in [-0.1, -0.05) is 168 Å². The van der Waals surface area contributed by atoms with Crippen molar-refractivity contribution in [2.45, 2.75) is 248 Å². The quantitative estimate of drug-likeness (QED) is 0.0221. The minimum atomic E-state index is -0.572. The molecular weight excluding hydrogens is 1930 g/mol. The molecular formula is C107H151Cl4N13O12S4. The lowest BCUT2D eigenvalue weighted by Gasteiger charge is -2.27. The van der Waals surface area contributed by atoms with E-state index in [1.54, 1.807) is 31.3 Å². The average Bonchev–Trinajstić information content (AvgIpc) is 1.67. The molecule has 8 rings (SSSR count). The first kappa shape index (κ1) is 122. The highest BCUT2D eigenvalue weighted by molar-refractivity contribution is 7.19. The lowest BCUT2D eigenvalue weighted by atomic mass is 9.91. The van der Waals surface area contributed by atoms with E-state index in [0.29, 0.717) is 158 Å². The van der Waals surface area contributed by atoms with Gasteiger partial charge in [-0.2, -0.15) is 0 Å². The number of thiazole rings is 4. The second-order valence-corrected chi connectivity index (χ2v) is 44.3. The minimum Gasteiger partial charge on any atom is -0.359 e. The molecule has 5 amide bonds. The molecule has 0 saturated heterocycles. The van der Waals surface area contributed by atoms with Crippen molar-refractivity contribution in [3.05, 3.63) is 162 Å². The molecule has 4 aromatic carbocycles. The van der Waals surface area contributed by atoms with Gasteiger partial charge in [0.2, 0.25) is 29.5 Å². The summed E-state index contributed by atoms with van der Waals surface area (Å²) in [5.41, 5.74) is 5.63. The van der Waals surface area contributed by atoms with Gasteiger partial charge in [0.1, 0.15) is 17.3 Å². The molecule has 140 heavy (non-hydrogen) atoms. The molecule has 0 spiro atoms. The molecule has 25 nitrogen and oxygen atoms in total. The molecule has 5 N–H and O–H groups in total. The van der Waals surface area contributed by atoms with Gasteiger partial charge in [-0.25, -0.2) is 19.9 Å². The summed E-state index contributed by atoms with van der Waals surface area (Å²) in [6.07, 6.45) is 10.6. The molecule has 4 heterocycles. The number of hydrogen-bond donors (Lipinski definition) is 5. The molecule has 12 atom stereocenters. The minimum absolute atomic E-state index is 0.0105. The van der Waals surface area contributed by atoms with Crippen molar-refractivity contribution in [2.75, 3.05) is 89.6 Å². The molecule has 33 heteroatoms. The number of carbonyl (C=O) groups excluding carboxylic acids is 12. The first-order chi connectivity index (χ1) is 66.1. The van der Waals surface area contributed by atoms with Crippen molar-refractivity contribution in [3.63, 3.8) is 0 Å². The highest BCUT2D eigenvalue weighted by atomic mass is 35.5. The van der Waals surface area contributed by atoms with Gasteiger partial charge in [0.15, 0.2) is 23.1 Å². The van der Waals surface area contributed by atoms with Gasteiger partial charge in [-0.05, 0) is 192 Å². The Labute approximate surface area is 866 Å². The molecule has 0 aliphatic rings. The Hall–Kier alpha value is -8.56. The van der Waals surface area contributed by atoms with Crippen molar-refractivity contribution in [2.24, 2.45) is 47.3 Å². The third kappa shape index (κ3) is 43.2. The summed E-state index contributed by atoms with van der Waals surface area (Å²) in [6, 6.07) is 21.4. The summed E-state index contributed by atoms with van der Waals surface area (Å²) < 4.78 is 3.83. The summed E-state index contributed by atoms with van der Waals surface area (Å²) in [5.74, 6) is -2.06. The van der Waals surface area contributed by atoms with E-state index in [4.69, 9.17) is 46.4 Å². The predicted octanol–water partition coefficient (Wildman–Crippen LogP) is 20.7. The predicted molar refractivity (Wildman–Crippen MR) is 579 cm³/mol. The topological polar surface area (TPSA) is 330 Å². The number of amides is 5. The number of nitrogens with one attached hydrogen (secondary N) is 5. The van der Waals surface area contributed by atoms with E-state index in [0.717, 1.165) is 93.0 Å². The summed E-state index contributed by atoms with van der Waals surface area (Å²) in [5, 5.41) is 21.0. The number of hydrogen-bond acceptors (Lipinski definition) is 24. The fraction of sp³-hybridized carbons (Fsp3) is 0.551. The Morgan fingerprint density at radius 2 is 0.586 bits per heavy atom. The third-order valence-corrected chi connectivity index (χ3v) is 29.9. The van der Waals surface area contributed by atoms with E-state index in [1.807, 2.05) is 138 Å². The van der Waals surface area contributed by atoms with Crippen LogP contribution in [0.3, 0.4) is 0 Å². The van der Waals surface area contributed by atoms with Crippen LogP contribution >= 0.6 is 91.8 Å². The van der Waals surface area contributed by atoms with Crippen LogP contribution in [0.4, 0.5) is 0 Å². The van der Waals surface area contributed by atoms with E-state index in [1.165, 1.54) is 52.3 Å². The number of aromatic nitrogens is 4. The number of fused-ring (bicyclic) bond motifs is 4. The van der Waals surface area contributed by atoms with Gasteiger partial charge in [-0.3, -0.25) is 52.7 Å². The zero-order chi connectivity index (χ0) is 104. The second-order valence-electron chi connectivity index (χ2n) is 38.1. The summed E-state index contributed by atoms with van der Waals surface area (Å²) in [7, 11) is 16.8. The molecule has 4 aromatic heterocycles. The van der Waals surface area contributed by atoms with Gasteiger partial charge in [-0.15, -0.1) is 45.3 Å². The highest BCUT2D eigenvalue weighted by Crippen LogP contribution is 2.35. The van der Waals surface area contributed by atoms with Crippen molar-refractivity contribution in [3.8, 4) is 0 Å². The van der Waals surface area contributed by atoms with Crippen LogP contribution in [0.2, 0.25) is 20.1 Å². The highest BCUT2D eigenvalue weighted by Gasteiger charge is 2.34. The van der Waals surface area contributed by atoms with Crippen LogP contribution in [0, 0.1) is 47.3 Å². The van der Waals surface area contributed by atoms with Gasteiger partial charge in [0, 0.05) is 190 Å². The van der Waals surface area contributed by atoms with Crippen LogP contribution in [-0.2, 0) is 83.2 Å². The molecule has 0 aliphatic heterocycles. The first-order valence-electron chi connectivity index (χ1n) is 48.7. The van der Waals surface area contributed by atoms with Crippen LogP contribution < -0.4 is 26.6 Å². The number of Topliss-reactive ketones (excluding diaryl/α,β-unsaturated/α-hetero) is 7. The summed E-state index contributed by atoms with van der Waals surface area (Å²) in [4.78, 5) is 179. The molecule has 0 saturated carbocycles. The Kier molecular flexibility index (Phi) is 54.2. The molecule has 0 fully saturated rings. The van der Waals surface area contributed by atoms with Crippen molar-refractivity contribution in [1.29, 1.82) is 0 Å². The SMILES string of the molecule is C=C(CN(C)C)C(=O)CC[C@@H](NC(=O)[C@@H](CC(=O)CC)Cc1nc2ccc(Cl)cc2s1)[C@@H](C)CC.C=C(CN(C)C)C(=O)CC[C@@H](NC(=O)[C@@H](CC(=O)CCC)Cc1nc2ccc(Cl)cc2s1)[C@@H](C)CC.C=C(CN(C)C)C(=O)CC[C@@H](NC(=O)[C@@H](CC(=O)NC)Cc1nc2ccc(Cl)cc2s1)[C@@H](C)CC.C=C(CN(C)C)C(=O)CC[C@@H](NC(=O)[C@@H](CC(C)=O)Cc1nc2ccc(Cl)cc2s1)[C@@H](C)CC. The lowest BCUT2D eigenvalue weighted by molar-refractivity contribution is -0.131. The van der Waals surface area contributed by atoms with E-state index in [-0.39, 0.29) is 144 Å². The number of carbonyl (C=O) groups is 12. The number of likely N-dealkylation sites (N-methyl/N-ethyl adjacent to an activating group) is 4. The largest absolute Gasteiger partial charge is 0.359 e. The van der Waals surface area contributed by atoms with Crippen molar-refractivity contribution < 1.29 is 57.5 Å². The second kappa shape index (κ2) is 62.2. The Bertz CT molecular complexity index is 5360. The van der Waals surface area contributed by atoms with Crippen LogP contribution in [0.1, 0.15) is 218 Å². The number of halogens is 4. The van der Waals surface area contributed by atoms with Crippen molar-refractivity contribution >= 4 is 203 Å². The molecule has 0 unspecified atom stereocenters. The lowest BCUT2D eigenvalue weighted by Crippen LogP contribution is -2.44. The van der Waals surface area contributed by atoms with Gasteiger partial charge < -0.3 is 51.0 Å². The Balaban J connectivity index is 0.000000329. The van der Waals surface area contributed by atoms with Crippen LogP contribution in [-0.4, -0.2) is 223 Å². The maximum atomic E-state index is 13.5. The maximum Gasteiger partial charge on any atom is 0.224 e. The maximum absolute atomic E-state index is 13.5. The fourth-order valence-electron chi connectivity index (χ4n) is 15.8. The van der Waals surface area contributed by atoms with E-state index < -0.39 is 23.7 Å². The normalized spacial score (nSPS) is 14.0. The molecule has 8 aromatic rings. The monoisotopic (exact) mass is 2080 g/mol. The van der Waals surface area contributed by atoms with E-state index in [9.17, 15) is 57.5 Å². The summed E-state index contributed by atoms with van der Waals surface area (Å²) >= 11 is 30.4. The molecule has 0 radical (unpaired) electrons. The smallest absolute Gasteiger partial charge is 0.224 e.